The van der Waals surface area contributed by atoms with Crippen molar-refractivity contribution in [3.8, 4) is 11.5 Å². The van der Waals surface area contributed by atoms with Gasteiger partial charge in [-0.25, -0.2) is 0 Å². The molecule has 0 saturated heterocycles. The molecular weight excluding hydrogens is 396 g/mol. The van der Waals surface area contributed by atoms with Crippen LogP contribution in [-0.4, -0.2) is 24.9 Å². The highest BCUT2D eigenvalue weighted by Gasteiger charge is 2.09. The molecular formula is C24H22N2O5. The Morgan fingerprint density at radius 2 is 1.55 bits per heavy atom. The Morgan fingerprint density at radius 1 is 0.806 bits per heavy atom. The molecule has 0 spiro atoms. The second-order valence-electron chi connectivity index (χ2n) is 6.69. The Labute approximate surface area is 180 Å². The minimum atomic E-state index is -0.453. The van der Waals surface area contributed by atoms with E-state index in [2.05, 4.69) is 10.6 Å². The van der Waals surface area contributed by atoms with Gasteiger partial charge >= 0.3 is 5.97 Å². The van der Waals surface area contributed by atoms with Crippen LogP contribution in [0.2, 0.25) is 0 Å². The van der Waals surface area contributed by atoms with Crippen LogP contribution in [0.5, 0.6) is 11.5 Å². The second-order valence-corrected chi connectivity index (χ2v) is 6.69. The first kappa shape index (κ1) is 21.6. The first-order valence-electron chi connectivity index (χ1n) is 9.55. The summed E-state index contributed by atoms with van der Waals surface area (Å²) in [4.78, 5) is 35.9. The average Bonchev–Trinajstić information content (AvgIpc) is 2.77. The van der Waals surface area contributed by atoms with E-state index in [0.29, 0.717) is 28.3 Å². The predicted molar refractivity (Wildman–Crippen MR) is 116 cm³/mol. The summed E-state index contributed by atoms with van der Waals surface area (Å²) in [6.45, 7) is 1.57. The number of carbonyl (C=O) groups is 3. The molecule has 2 amide bonds. The summed E-state index contributed by atoms with van der Waals surface area (Å²) in [5.41, 5.74) is 2.32. The summed E-state index contributed by atoms with van der Waals surface area (Å²) in [6.07, 6.45) is 0. The quantitative estimate of drug-likeness (QED) is 0.450. The molecule has 3 aromatic carbocycles. The third-order valence-corrected chi connectivity index (χ3v) is 4.35. The molecule has 0 heterocycles. The van der Waals surface area contributed by atoms with E-state index >= 15 is 0 Å². The van der Waals surface area contributed by atoms with Crippen LogP contribution in [0, 0.1) is 0 Å². The summed E-state index contributed by atoms with van der Waals surface area (Å²) in [6, 6.07) is 20.4. The fourth-order valence-electron chi connectivity index (χ4n) is 2.86. The van der Waals surface area contributed by atoms with Crippen LogP contribution in [0.25, 0.3) is 0 Å². The number of rotatable bonds is 7. The smallest absolute Gasteiger partial charge is 0.308 e. The van der Waals surface area contributed by atoms with Crippen LogP contribution >= 0.6 is 0 Å². The molecule has 0 fully saturated rings. The van der Waals surface area contributed by atoms with Crippen LogP contribution in [0.3, 0.4) is 0 Å². The SMILES string of the molecule is COc1ccc(C(=O)Nc2cccc(CNC(=O)c3cccc(OC(C)=O)c3)c2)cc1. The molecule has 0 aliphatic carbocycles. The lowest BCUT2D eigenvalue weighted by molar-refractivity contribution is -0.131. The zero-order valence-electron chi connectivity index (χ0n) is 17.2. The molecule has 7 heteroatoms. The van der Waals surface area contributed by atoms with Gasteiger partial charge in [0.2, 0.25) is 0 Å². The second kappa shape index (κ2) is 10.1. The Bertz CT molecular complexity index is 1090. The minimum Gasteiger partial charge on any atom is -0.497 e. The maximum atomic E-state index is 12.4. The molecule has 0 aliphatic rings. The highest BCUT2D eigenvalue weighted by atomic mass is 16.5. The van der Waals surface area contributed by atoms with Gasteiger partial charge < -0.3 is 20.1 Å². The van der Waals surface area contributed by atoms with E-state index in [-0.39, 0.29) is 18.4 Å². The van der Waals surface area contributed by atoms with Gasteiger partial charge in [0.1, 0.15) is 11.5 Å². The number of benzene rings is 3. The van der Waals surface area contributed by atoms with Crippen molar-refractivity contribution in [2.24, 2.45) is 0 Å². The number of ether oxygens (including phenoxy) is 2. The first-order chi connectivity index (χ1) is 14.9. The van der Waals surface area contributed by atoms with Crippen LogP contribution in [0.1, 0.15) is 33.2 Å². The van der Waals surface area contributed by atoms with Gasteiger partial charge in [0.15, 0.2) is 0 Å². The number of hydrogen-bond donors (Lipinski definition) is 2. The Hall–Kier alpha value is -4.13. The van der Waals surface area contributed by atoms with E-state index in [0.717, 1.165) is 5.56 Å². The lowest BCUT2D eigenvalue weighted by Gasteiger charge is -2.10. The standard InChI is InChI=1S/C24H22N2O5/c1-16(27)31-22-8-4-6-19(14-22)23(28)25-15-17-5-3-7-20(13-17)26-24(29)18-9-11-21(30-2)12-10-18/h3-14H,15H2,1-2H3,(H,25,28)(H,26,29). The van der Waals surface area contributed by atoms with Gasteiger partial charge in [-0.15, -0.1) is 0 Å². The molecule has 0 atom stereocenters. The Morgan fingerprint density at radius 3 is 2.26 bits per heavy atom. The van der Waals surface area contributed by atoms with Crippen molar-refractivity contribution in [1.82, 2.24) is 5.32 Å². The molecule has 0 aromatic heterocycles. The number of nitrogens with one attached hydrogen (secondary N) is 2. The maximum absolute atomic E-state index is 12.4. The molecule has 3 rings (SSSR count). The first-order valence-corrected chi connectivity index (χ1v) is 9.55. The molecule has 0 radical (unpaired) electrons. The van der Waals surface area contributed by atoms with Crippen LogP contribution < -0.4 is 20.1 Å². The highest BCUT2D eigenvalue weighted by Crippen LogP contribution is 2.16. The number of methoxy groups -OCH3 is 1. The number of carbonyl (C=O) groups excluding carboxylic acids is 3. The third-order valence-electron chi connectivity index (χ3n) is 4.35. The van der Waals surface area contributed by atoms with Gasteiger partial charge in [-0.05, 0) is 60.2 Å². The Kier molecular flexibility index (Phi) is 7.01. The Balaban J connectivity index is 1.60. The van der Waals surface area contributed by atoms with Crippen molar-refractivity contribution in [3.63, 3.8) is 0 Å². The molecule has 0 unspecified atom stereocenters. The van der Waals surface area contributed by atoms with E-state index in [9.17, 15) is 14.4 Å². The van der Waals surface area contributed by atoms with Crippen molar-refractivity contribution in [2.45, 2.75) is 13.5 Å². The maximum Gasteiger partial charge on any atom is 0.308 e. The van der Waals surface area contributed by atoms with Crippen molar-refractivity contribution in [2.75, 3.05) is 12.4 Å². The highest BCUT2D eigenvalue weighted by molar-refractivity contribution is 6.04. The molecule has 3 aromatic rings. The number of hydrogen-bond acceptors (Lipinski definition) is 5. The van der Waals surface area contributed by atoms with Gasteiger partial charge in [-0.1, -0.05) is 18.2 Å². The van der Waals surface area contributed by atoms with Crippen molar-refractivity contribution in [3.05, 3.63) is 89.5 Å². The summed E-state index contributed by atoms with van der Waals surface area (Å²) in [7, 11) is 1.57. The molecule has 2 N–H and O–H groups in total. The molecule has 31 heavy (non-hydrogen) atoms. The topological polar surface area (TPSA) is 93.7 Å². The van der Waals surface area contributed by atoms with Crippen LogP contribution in [0.15, 0.2) is 72.8 Å². The average molecular weight is 418 g/mol. The summed E-state index contributed by atoms with van der Waals surface area (Å²) in [5, 5.41) is 5.65. The monoisotopic (exact) mass is 418 g/mol. The van der Waals surface area contributed by atoms with E-state index in [1.54, 1.807) is 67.8 Å². The normalized spacial score (nSPS) is 10.1. The molecule has 0 saturated carbocycles. The van der Waals surface area contributed by atoms with E-state index in [4.69, 9.17) is 9.47 Å². The molecule has 7 nitrogen and oxygen atoms in total. The van der Waals surface area contributed by atoms with Gasteiger partial charge in [-0.2, -0.15) is 0 Å². The third kappa shape index (κ3) is 6.17. The van der Waals surface area contributed by atoms with E-state index < -0.39 is 5.97 Å². The minimum absolute atomic E-state index is 0.244. The van der Waals surface area contributed by atoms with Crippen LogP contribution in [0.4, 0.5) is 5.69 Å². The van der Waals surface area contributed by atoms with Crippen LogP contribution in [-0.2, 0) is 11.3 Å². The van der Waals surface area contributed by atoms with E-state index in [1.807, 2.05) is 6.07 Å². The molecule has 0 bridgehead atoms. The lowest BCUT2D eigenvalue weighted by atomic mass is 10.1. The molecule has 158 valence electrons. The van der Waals surface area contributed by atoms with Crippen molar-refractivity contribution < 1.29 is 23.9 Å². The lowest BCUT2D eigenvalue weighted by Crippen LogP contribution is -2.23. The van der Waals surface area contributed by atoms with Gasteiger partial charge in [0.25, 0.3) is 11.8 Å². The van der Waals surface area contributed by atoms with Gasteiger partial charge in [-0.3, -0.25) is 14.4 Å². The largest absolute Gasteiger partial charge is 0.497 e. The fourth-order valence-corrected chi connectivity index (χ4v) is 2.86. The van der Waals surface area contributed by atoms with Crippen molar-refractivity contribution in [1.29, 1.82) is 0 Å². The predicted octanol–water partition coefficient (Wildman–Crippen LogP) is 3.80. The summed E-state index contributed by atoms with van der Waals surface area (Å²) >= 11 is 0. The van der Waals surface area contributed by atoms with Crippen molar-refractivity contribution >= 4 is 23.5 Å². The summed E-state index contributed by atoms with van der Waals surface area (Å²) in [5.74, 6) is -0.0186. The zero-order valence-corrected chi connectivity index (χ0v) is 17.2. The number of anilines is 1. The fraction of sp³-hybridized carbons (Fsp3) is 0.125. The van der Waals surface area contributed by atoms with Gasteiger partial charge in [0.05, 0.1) is 7.11 Å². The zero-order chi connectivity index (χ0) is 22.2. The van der Waals surface area contributed by atoms with Gasteiger partial charge in [0, 0.05) is 30.3 Å². The number of esters is 1. The number of amides is 2. The summed E-state index contributed by atoms with van der Waals surface area (Å²) < 4.78 is 10.1. The van der Waals surface area contributed by atoms with E-state index in [1.165, 1.54) is 13.0 Å². The molecule has 0 aliphatic heterocycles.